The number of benzene rings is 1. The van der Waals surface area contributed by atoms with E-state index in [1.807, 2.05) is 10.8 Å². The Bertz CT molecular complexity index is 768. The monoisotopic (exact) mass is 339 g/mol. The van der Waals surface area contributed by atoms with Crippen LogP contribution in [0.5, 0.6) is 0 Å². The van der Waals surface area contributed by atoms with Gasteiger partial charge in [0.2, 0.25) is 4.80 Å². The molecule has 3 nitrogen and oxygen atoms in total. The molecule has 0 aliphatic heterocycles. The van der Waals surface area contributed by atoms with Crippen molar-refractivity contribution in [1.82, 2.24) is 4.68 Å². The molecule has 1 saturated carbocycles. The summed E-state index contributed by atoms with van der Waals surface area (Å²) in [7, 11) is 0. The molecule has 0 N–H and O–H groups in total. The van der Waals surface area contributed by atoms with Crippen molar-refractivity contribution in [1.29, 1.82) is 0 Å². The number of aromatic nitrogens is 1. The quantitative estimate of drug-likeness (QED) is 0.543. The molecule has 1 aromatic carbocycles. The van der Waals surface area contributed by atoms with Gasteiger partial charge in [-0.1, -0.05) is 48.7 Å². The van der Waals surface area contributed by atoms with Crippen molar-refractivity contribution in [2.45, 2.75) is 45.4 Å². The Hall–Kier alpha value is -1.94. The van der Waals surface area contributed by atoms with E-state index in [4.69, 9.17) is 5.10 Å². The van der Waals surface area contributed by atoms with Gasteiger partial charge in [0, 0.05) is 16.7 Å². The van der Waals surface area contributed by atoms with Crippen LogP contribution in [0.1, 0.15) is 44.1 Å². The number of thiazole rings is 1. The molecule has 0 spiro atoms. The molecule has 0 saturated heterocycles. The lowest BCUT2D eigenvalue weighted by Crippen LogP contribution is -2.15. The average molecular weight is 340 g/mol. The van der Waals surface area contributed by atoms with Crippen molar-refractivity contribution in [3.63, 3.8) is 0 Å². The molecule has 0 unspecified atom stereocenters. The molecule has 4 heteroatoms. The SMILES string of the molecule is C=CCN=c1scc(-c2ccc(C)cc2)n1N=C1CCCCCC1. The first-order chi connectivity index (χ1) is 11.8. The molecule has 0 radical (unpaired) electrons. The molecule has 1 heterocycles. The molecule has 1 aliphatic rings. The van der Waals surface area contributed by atoms with Gasteiger partial charge < -0.3 is 0 Å². The van der Waals surface area contributed by atoms with Crippen LogP contribution in [-0.4, -0.2) is 16.9 Å². The summed E-state index contributed by atoms with van der Waals surface area (Å²) in [6.07, 6.45) is 9.20. The number of hydrogen-bond acceptors (Lipinski definition) is 3. The third kappa shape index (κ3) is 4.12. The normalized spacial score (nSPS) is 16.0. The maximum atomic E-state index is 5.01. The number of aryl methyl sites for hydroxylation is 1. The van der Waals surface area contributed by atoms with Crippen LogP contribution in [-0.2, 0) is 0 Å². The molecule has 2 aromatic rings. The van der Waals surface area contributed by atoms with E-state index in [1.54, 1.807) is 11.3 Å². The zero-order chi connectivity index (χ0) is 16.8. The molecule has 3 rings (SSSR count). The molecule has 1 aliphatic carbocycles. The van der Waals surface area contributed by atoms with E-state index in [1.165, 1.54) is 42.5 Å². The van der Waals surface area contributed by atoms with Gasteiger partial charge >= 0.3 is 0 Å². The van der Waals surface area contributed by atoms with Crippen molar-refractivity contribution in [2.75, 3.05) is 6.54 Å². The summed E-state index contributed by atoms with van der Waals surface area (Å²) in [5.74, 6) is 0. The zero-order valence-electron chi connectivity index (χ0n) is 14.4. The highest BCUT2D eigenvalue weighted by Crippen LogP contribution is 2.22. The van der Waals surface area contributed by atoms with Crippen LogP contribution >= 0.6 is 11.3 Å². The topological polar surface area (TPSA) is 29.6 Å². The minimum absolute atomic E-state index is 0.624. The van der Waals surface area contributed by atoms with E-state index < -0.39 is 0 Å². The van der Waals surface area contributed by atoms with Gasteiger partial charge in [-0.2, -0.15) is 5.10 Å². The second-order valence-corrected chi connectivity index (χ2v) is 7.13. The Morgan fingerprint density at radius 2 is 1.83 bits per heavy atom. The second-order valence-electron chi connectivity index (χ2n) is 6.29. The van der Waals surface area contributed by atoms with Crippen LogP contribution in [0.15, 0.2) is 52.4 Å². The Morgan fingerprint density at radius 3 is 2.50 bits per heavy atom. The fraction of sp³-hybridized carbons (Fsp3) is 0.400. The van der Waals surface area contributed by atoms with Crippen LogP contribution in [0, 0.1) is 6.92 Å². The summed E-state index contributed by atoms with van der Waals surface area (Å²) in [6, 6.07) is 8.63. The predicted molar refractivity (Wildman–Crippen MR) is 104 cm³/mol. The van der Waals surface area contributed by atoms with E-state index in [9.17, 15) is 0 Å². The standard InChI is InChI=1S/C20H25N3S/c1-3-14-21-20-23(22-18-8-6-4-5-7-9-18)19(15-24-20)17-12-10-16(2)11-13-17/h3,10-13,15H,1,4-9,14H2,2H3. The molecule has 126 valence electrons. The third-order valence-corrected chi connectivity index (χ3v) is 5.16. The highest BCUT2D eigenvalue weighted by molar-refractivity contribution is 7.07. The van der Waals surface area contributed by atoms with Gasteiger partial charge in [-0.15, -0.1) is 17.9 Å². The average Bonchev–Trinajstić information content (AvgIpc) is 2.80. The van der Waals surface area contributed by atoms with Gasteiger partial charge in [0.15, 0.2) is 0 Å². The molecule has 1 aromatic heterocycles. The highest BCUT2D eigenvalue weighted by Gasteiger charge is 2.11. The minimum atomic E-state index is 0.624. The van der Waals surface area contributed by atoms with Gasteiger partial charge in [0.1, 0.15) is 0 Å². The Labute approximate surface area is 148 Å². The summed E-state index contributed by atoms with van der Waals surface area (Å²) in [5.41, 5.74) is 4.89. The van der Waals surface area contributed by atoms with Gasteiger partial charge in [-0.05, 0) is 32.6 Å². The maximum Gasteiger partial charge on any atom is 0.206 e. The number of hydrogen-bond donors (Lipinski definition) is 0. The van der Waals surface area contributed by atoms with Gasteiger partial charge in [-0.3, -0.25) is 4.99 Å². The smallest absolute Gasteiger partial charge is 0.206 e. The molecule has 0 amide bonds. The Kier molecular flexibility index (Phi) is 5.81. The Balaban J connectivity index is 2.06. The highest BCUT2D eigenvalue weighted by atomic mass is 32.1. The van der Waals surface area contributed by atoms with Crippen molar-refractivity contribution in [2.24, 2.45) is 10.1 Å². The van der Waals surface area contributed by atoms with Crippen molar-refractivity contribution in [3.05, 3.63) is 52.7 Å². The zero-order valence-corrected chi connectivity index (χ0v) is 15.2. The summed E-state index contributed by atoms with van der Waals surface area (Å²) in [4.78, 5) is 5.58. The summed E-state index contributed by atoms with van der Waals surface area (Å²) >= 11 is 1.65. The first-order valence-electron chi connectivity index (χ1n) is 8.73. The molecule has 24 heavy (non-hydrogen) atoms. The molecule has 1 fully saturated rings. The van der Waals surface area contributed by atoms with Crippen LogP contribution in [0.2, 0.25) is 0 Å². The third-order valence-electron chi connectivity index (χ3n) is 4.31. The van der Waals surface area contributed by atoms with Gasteiger partial charge in [0.05, 0.1) is 12.2 Å². The van der Waals surface area contributed by atoms with Crippen molar-refractivity contribution >= 4 is 17.0 Å². The fourth-order valence-corrected chi connectivity index (χ4v) is 3.79. The predicted octanol–water partition coefficient (Wildman–Crippen LogP) is 5.17. The van der Waals surface area contributed by atoms with Gasteiger partial charge in [0.25, 0.3) is 0 Å². The second kappa shape index (κ2) is 8.25. The van der Waals surface area contributed by atoms with E-state index in [2.05, 4.69) is 48.1 Å². The van der Waals surface area contributed by atoms with E-state index >= 15 is 0 Å². The van der Waals surface area contributed by atoms with Gasteiger partial charge in [-0.25, -0.2) is 4.68 Å². The molecular formula is C20H25N3S. The van der Waals surface area contributed by atoms with Crippen LogP contribution in [0.3, 0.4) is 0 Å². The van der Waals surface area contributed by atoms with Crippen LogP contribution in [0.25, 0.3) is 11.3 Å². The minimum Gasteiger partial charge on any atom is -0.253 e. The summed E-state index contributed by atoms with van der Waals surface area (Å²) in [5, 5.41) is 7.17. The van der Waals surface area contributed by atoms with Crippen LogP contribution < -0.4 is 4.80 Å². The summed E-state index contributed by atoms with van der Waals surface area (Å²) in [6.45, 7) is 6.51. The molecule has 0 bridgehead atoms. The Morgan fingerprint density at radius 1 is 1.12 bits per heavy atom. The molecular weight excluding hydrogens is 314 g/mol. The summed E-state index contributed by atoms with van der Waals surface area (Å²) < 4.78 is 2.04. The van der Waals surface area contributed by atoms with E-state index in [0.717, 1.165) is 23.3 Å². The largest absolute Gasteiger partial charge is 0.253 e. The number of rotatable bonds is 4. The van der Waals surface area contributed by atoms with Crippen molar-refractivity contribution in [3.8, 4) is 11.3 Å². The number of nitrogens with zero attached hydrogens (tertiary/aromatic N) is 3. The lowest BCUT2D eigenvalue weighted by molar-refractivity contribution is 0.702. The van der Waals surface area contributed by atoms with Crippen molar-refractivity contribution < 1.29 is 0 Å². The maximum absolute atomic E-state index is 5.01. The first kappa shape index (κ1) is 16.9. The van der Waals surface area contributed by atoms with E-state index in [0.29, 0.717) is 6.54 Å². The van der Waals surface area contributed by atoms with Crippen LogP contribution in [0.4, 0.5) is 0 Å². The lowest BCUT2D eigenvalue weighted by Gasteiger charge is -2.07. The molecule has 0 atom stereocenters. The first-order valence-corrected chi connectivity index (χ1v) is 9.61. The lowest BCUT2D eigenvalue weighted by atomic mass is 10.1. The van der Waals surface area contributed by atoms with E-state index in [-0.39, 0.29) is 0 Å². The fourth-order valence-electron chi connectivity index (χ4n) is 2.95.